The number of nitrogens with one attached hydrogen (secondary N) is 1. The van der Waals surface area contributed by atoms with Crippen LogP contribution in [0, 0.1) is 20.8 Å². The van der Waals surface area contributed by atoms with Crippen LogP contribution in [0.4, 0.5) is 5.82 Å². The molecule has 3 aromatic rings. The van der Waals surface area contributed by atoms with E-state index in [-0.39, 0.29) is 16.2 Å². The first-order chi connectivity index (χ1) is 14.5. The van der Waals surface area contributed by atoms with Gasteiger partial charge in [-0.2, -0.15) is 9.78 Å². The maximum atomic E-state index is 12.9. The number of hydrogen-bond acceptors (Lipinski definition) is 7. The number of amides is 1. The number of ether oxygens (including phenoxy) is 1. The molecule has 0 spiro atoms. The number of sulfonamides is 1. The van der Waals surface area contributed by atoms with Gasteiger partial charge in [-0.25, -0.2) is 22.7 Å². The summed E-state index contributed by atoms with van der Waals surface area (Å²) >= 11 is 0. The van der Waals surface area contributed by atoms with Gasteiger partial charge in [-0.05, 0) is 45.0 Å². The van der Waals surface area contributed by atoms with E-state index in [0.29, 0.717) is 17.5 Å². The normalized spacial score (nSPS) is 11.6. The molecular formula is C20H24N6O4S. The minimum atomic E-state index is -3.81. The van der Waals surface area contributed by atoms with Crippen molar-refractivity contribution in [3.8, 4) is 11.7 Å². The molecule has 3 rings (SSSR count). The molecule has 0 unspecified atom stereocenters. The summed E-state index contributed by atoms with van der Waals surface area (Å²) in [6, 6.07) is 7.73. The molecule has 1 N–H and O–H groups in total. The average Bonchev–Trinajstić information content (AvgIpc) is 3.06. The van der Waals surface area contributed by atoms with Crippen LogP contribution in [0.3, 0.4) is 0 Å². The fourth-order valence-electron chi connectivity index (χ4n) is 2.95. The summed E-state index contributed by atoms with van der Waals surface area (Å²) in [6.45, 7) is 5.47. The van der Waals surface area contributed by atoms with Gasteiger partial charge in [0.1, 0.15) is 16.5 Å². The van der Waals surface area contributed by atoms with Gasteiger partial charge in [-0.3, -0.25) is 4.79 Å². The highest BCUT2D eigenvalue weighted by molar-refractivity contribution is 7.89. The lowest BCUT2D eigenvalue weighted by Crippen LogP contribution is -2.23. The van der Waals surface area contributed by atoms with Crippen molar-refractivity contribution in [2.75, 3.05) is 26.5 Å². The van der Waals surface area contributed by atoms with E-state index < -0.39 is 15.9 Å². The van der Waals surface area contributed by atoms with Crippen molar-refractivity contribution in [1.82, 2.24) is 24.1 Å². The number of anilines is 1. The monoisotopic (exact) mass is 444 g/mol. The number of methoxy groups -OCH3 is 1. The highest BCUT2D eigenvalue weighted by Gasteiger charge is 2.24. The van der Waals surface area contributed by atoms with E-state index in [1.807, 2.05) is 19.9 Å². The van der Waals surface area contributed by atoms with E-state index in [9.17, 15) is 13.2 Å². The molecule has 11 heteroatoms. The third-order valence-corrected chi connectivity index (χ3v) is 6.25. The lowest BCUT2D eigenvalue weighted by atomic mass is 10.2. The number of rotatable bonds is 6. The van der Waals surface area contributed by atoms with Crippen molar-refractivity contribution in [3.05, 3.63) is 53.0 Å². The summed E-state index contributed by atoms with van der Waals surface area (Å²) < 4.78 is 32.9. The van der Waals surface area contributed by atoms with Crippen LogP contribution in [-0.4, -0.2) is 59.6 Å². The maximum Gasteiger partial charge on any atom is 0.256 e. The third kappa shape index (κ3) is 4.57. The quantitative estimate of drug-likeness (QED) is 0.618. The Balaban J connectivity index is 2.00. The standard InChI is InChI=1S/C20H24N6O4S/c1-12-9-13(2)22-20(21-12)26-18(10-14(3)24-26)23-19(27)15-7-8-16(30-6)17(11-15)31(28,29)25(4)5/h7-11H,1-6H3,(H,23,27). The van der Waals surface area contributed by atoms with Gasteiger partial charge in [0.25, 0.3) is 11.9 Å². The lowest BCUT2D eigenvalue weighted by Gasteiger charge is -2.15. The topological polar surface area (TPSA) is 119 Å². The average molecular weight is 445 g/mol. The minimum absolute atomic E-state index is 0.102. The largest absolute Gasteiger partial charge is 0.495 e. The van der Waals surface area contributed by atoms with Gasteiger partial charge in [0.05, 0.1) is 12.8 Å². The molecule has 0 aliphatic rings. The van der Waals surface area contributed by atoms with Gasteiger partial charge in [0, 0.05) is 37.1 Å². The Labute approximate surface area is 180 Å². The second-order valence-corrected chi connectivity index (χ2v) is 9.26. The number of benzene rings is 1. The van der Waals surface area contributed by atoms with E-state index in [1.54, 1.807) is 13.0 Å². The molecule has 1 amide bonds. The molecule has 10 nitrogen and oxygen atoms in total. The van der Waals surface area contributed by atoms with Gasteiger partial charge in [-0.1, -0.05) is 0 Å². The van der Waals surface area contributed by atoms with E-state index in [2.05, 4.69) is 20.4 Å². The van der Waals surface area contributed by atoms with E-state index >= 15 is 0 Å². The SMILES string of the molecule is COc1ccc(C(=O)Nc2cc(C)nn2-c2nc(C)cc(C)n2)cc1S(=O)(=O)N(C)C. The molecule has 0 saturated heterocycles. The molecule has 0 aliphatic heterocycles. The summed E-state index contributed by atoms with van der Waals surface area (Å²) in [5.74, 6) is 0.324. The smallest absolute Gasteiger partial charge is 0.256 e. The second-order valence-electron chi connectivity index (χ2n) is 7.14. The predicted molar refractivity (Wildman–Crippen MR) is 115 cm³/mol. The predicted octanol–water partition coefficient (Wildman–Crippen LogP) is 2.10. The number of hydrogen-bond donors (Lipinski definition) is 1. The molecular weight excluding hydrogens is 420 g/mol. The van der Waals surface area contributed by atoms with E-state index in [4.69, 9.17) is 4.74 Å². The zero-order chi connectivity index (χ0) is 22.9. The first kappa shape index (κ1) is 22.4. The molecule has 164 valence electrons. The molecule has 0 radical (unpaired) electrons. The Morgan fingerprint density at radius 2 is 1.68 bits per heavy atom. The molecule has 0 bridgehead atoms. The molecule has 0 fully saturated rings. The second kappa shape index (κ2) is 8.44. The van der Waals surface area contributed by atoms with Gasteiger partial charge in [0.2, 0.25) is 10.0 Å². The van der Waals surface area contributed by atoms with Crippen LogP contribution in [0.25, 0.3) is 5.95 Å². The zero-order valence-electron chi connectivity index (χ0n) is 18.2. The molecule has 2 aromatic heterocycles. The Hall–Kier alpha value is -3.31. The Morgan fingerprint density at radius 1 is 1.03 bits per heavy atom. The van der Waals surface area contributed by atoms with Crippen molar-refractivity contribution in [1.29, 1.82) is 0 Å². The van der Waals surface area contributed by atoms with Crippen LogP contribution in [-0.2, 0) is 10.0 Å². The molecule has 2 heterocycles. The number of carbonyl (C=O) groups is 1. The van der Waals surface area contributed by atoms with Crippen LogP contribution in [0.2, 0.25) is 0 Å². The molecule has 0 atom stereocenters. The van der Waals surface area contributed by atoms with Crippen LogP contribution in [0.1, 0.15) is 27.4 Å². The fourth-order valence-corrected chi connectivity index (χ4v) is 4.02. The van der Waals surface area contributed by atoms with Gasteiger partial charge >= 0.3 is 0 Å². The minimum Gasteiger partial charge on any atom is -0.495 e. The van der Waals surface area contributed by atoms with Crippen molar-refractivity contribution >= 4 is 21.7 Å². The Kier molecular flexibility index (Phi) is 6.09. The van der Waals surface area contributed by atoms with Crippen LogP contribution in [0.5, 0.6) is 5.75 Å². The zero-order valence-corrected chi connectivity index (χ0v) is 19.0. The van der Waals surface area contributed by atoms with Crippen molar-refractivity contribution in [3.63, 3.8) is 0 Å². The number of carbonyl (C=O) groups excluding carboxylic acids is 1. The highest BCUT2D eigenvalue weighted by atomic mass is 32.2. The van der Waals surface area contributed by atoms with E-state index in [1.165, 1.54) is 44.1 Å². The van der Waals surface area contributed by atoms with Gasteiger partial charge in [-0.15, -0.1) is 0 Å². The first-order valence-corrected chi connectivity index (χ1v) is 10.8. The summed E-state index contributed by atoms with van der Waals surface area (Å²) in [5.41, 5.74) is 2.33. The first-order valence-electron chi connectivity index (χ1n) is 9.34. The summed E-state index contributed by atoms with van der Waals surface area (Å²) in [4.78, 5) is 21.6. The lowest BCUT2D eigenvalue weighted by molar-refractivity contribution is 0.102. The number of nitrogens with zero attached hydrogens (tertiary/aromatic N) is 5. The van der Waals surface area contributed by atoms with Crippen LogP contribution >= 0.6 is 0 Å². The van der Waals surface area contributed by atoms with Crippen molar-refractivity contribution in [2.24, 2.45) is 0 Å². The highest BCUT2D eigenvalue weighted by Crippen LogP contribution is 2.27. The van der Waals surface area contributed by atoms with Crippen LogP contribution < -0.4 is 10.1 Å². The summed E-state index contributed by atoms with van der Waals surface area (Å²) in [5, 5.41) is 7.13. The Morgan fingerprint density at radius 3 is 2.26 bits per heavy atom. The van der Waals surface area contributed by atoms with Crippen molar-refractivity contribution < 1.29 is 17.9 Å². The molecule has 0 aliphatic carbocycles. The number of aryl methyl sites for hydroxylation is 3. The number of aromatic nitrogens is 4. The summed E-state index contributed by atoms with van der Waals surface area (Å²) in [7, 11) is 0.374. The van der Waals surface area contributed by atoms with Gasteiger partial charge < -0.3 is 10.1 Å². The van der Waals surface area contributed by atoms with Gasteiger partial charge in [0.15, 0.2) is 0 Å². The van der Waals surface area contributed by atoms with Crippen molar-refractivity contribution in [2.45, 2.75) is 25.7 Å². The molecule has 0 saturated carbocycles. The third-order valence-electron chi connectivity index (χ3n) is 4.42. The Bertz CT molecular complexity index is 1230. The van der Waals surface area contributed by atoms with E-state index in [0.717, 1.165) is 15.7 Å². The molecule has 1 aromatic carbocycles. The molecule has 31 heavy (non-hydrogen) atoms. The maximum absolute atomic E-state index is 12.9. The summed E-state index contributed by atoms with van der Waals surface area (Å²) in [6.07, 6.45) is 0. The van der Waals surface area contributed by atoms with Crippen LogP contribution in [0.15, 0.2) is 35.2 Å². The fraction of sp³-hybridized carbons (Fsp3) is 0.300.